The number of nitro groups is 1. The molecule has 27 heavy (non-hydrogen) atoms. The Kier molecular flexibility index (Phi) is 6.07. The lowest BCUT2D eigenvalue weighted by atomic mass is 10.2. The minimum atomic E-state index is -0.461. The highest BCUT2D eigenvalue weighted by molar-refractivity contribution is 14.1. The van der Waals surface area contributed by atoms with E-state index in [2.05, 4.69) is 22.6 Å². The van der Waals surface area contributed by atoms with Crippen LogP contribution in [0.2, 0.25) is 0 Å². The largest absolute Gasteiger partial charge is 0.293 e. The molecule has 0 unspecified atom stereocenters. The summed E-state index contributed by atoms with van der Waals surface area (Å²) in [5, 5.41) is 10.3. The van der Waals surface area contributed by atoms with Gasteiger partial charge in [0.25, 0.3) is 16.8 Å². The zero-order chi connectivity index (χ0) is 19.4. The molecule has 0 atom stereocenters. The first-order valence-corrected chi connectivity index (χ1v) is 9.74. The van der Waals surface area contributed by atoms with Gasteiger partial charge in [0.1, 0.15) is 0 Å². The third-order valence-electron chi connectivity index (χ3n) is 3.77. The number of thioether (sulfide) groups is 1. The van der Waals surface area contributed by atoms with E-state index >= 15 is 0 Å². The molecular formula is C19H13IN2O4S. The van der Waals surface area contributed by atoms with E-state index in [1.807, 2.05) is 24.3 Å². The Morgan fingerprint density at radius 2 is 1.74 bits per heavy atom. The van der Waals surface area contributed by atoms with Crippen molar-refractivity contribution < 1.29 is 14.5 Å². The predicted molar refractivity (Wildman–Crippen MR) is 113 cm³/mol. The van der Waals surface area contributed by atoms with E-state index in [1.165, 1.54) is 17.0 Å². The van der Waals surface area contributed by atoms with Crippen molar-refractivity contribution in [1.82, 2.24) is 4.90 Å². The van der Waals surface area contributed by atoms with Gasteiger partial charge in [0.2, 0.25) is 0 Å². The zero-order valence-corrected chi connectivity index (χ0v) is 16.8. The van der Waals surface area contributed by atoms with Crippen LogP contribution in [0.1, 0.15) is 11.1 Å². The molecule has 0 N–H and O–H groups in total. The van der Waals surface area contributed by atoms with Crippen molar-refractivity contribution in [3.8, 4) is 0 Å². The molecule has 1 aliphatic heterocycles. The van der Waals surface area contributed by atoms with Gasteiger partial charge in [-0.3, -0.25) is 24.6 Å². The van der Waals surface area contributed by atoms with Gasteiger partial charge in [-0.2, -0.15) is 0 Å². The van der Waals surface area contributed by atoms with Gasteiger partial charge in [0, 0.05) is 15.7 Å². The second kappa shape index (κ2) is 8.49. The maximum absolute atomic E-state index is 12.5. The zero-order valence-electron chi connectivity index (χ0n) is 13.9. The van der Waals surface area contributed by atoms with Gasteiger partial charge in [-0.05, 0) is 75.8 Å². The Hall–Kier alpha value is -2.46. The lowest BCUT2D eigenvalue weighted by Gasteiger charge is -2.12. The van der Waals surface area contributed by atoms with E-state index in [0.29, 0.717) is 4.91 Å². The molecule has 0 spiro atoms. The van der Waals surface area contributed by atoms with Gasteiger partial charge >= 0.3 is 0 Å². The molecule has 136 valence electrons. The van der Waals surface area contributed by atoms with Gasteiger partial charge < -0.3 is 0 Å². The number of hydrogen-bond acceptors (Lipinski definition) is 5. The minimum Gasteiger partial charge on any atom is -0.268 e. The Labute approximate surface area is 173 Å². The maximum atomic E-state index is 12.5. The maximum Gasteiger partial charge on any atom is 0.293 e. The number of rotatable bonds is 5. The highest BCUT2D eigenvalue weighted by atomic mass is 127. The second-order valence-corrected chi connectivity index (χ2v) is 7.86. The van der Waals surface area contributed by atoms with Crippen LogP contribution in [0, 0.1) is 13.7 Å². The molecule has 2 aromatic rings. The molecular weight excluding hydrogens is 479 g/mol. The summed E-state index contributed by atoms with van der Waals surface area (Å²) >= 11 is 3.10. The number of non-ortho nitro benzene ring substituents is 1. The quantitative estimate of drug-likeness (QED) is 0.254. The van der Waals surface area contributed by atoms with Gasteiger partial charge in [0.05, 0.1) is 16.4 Å². The average Bonchev–Trinajstić information content (AvgIpc) is 2.91. The molecule has 0 radical (unpaired) electrons. The molecule has 3 rings (SSSR count). The summed E-state index contributed by atoms with van der Waals surface area (Å²) in [5.74, 6) is -0.322. The second-order valence-electron chi connectivity index (χ2n) is 5.62. The fraction of sp³-hybridized carbons (Fsp3) is 0.0526. The molecule has 1 saturated heterocycles. The number of halogens is 1. The Bertz CT molecular complexity index is 953. The Morgan fingerprint density at radius 3 is 2.37 bits per heavy atom. The summed E-state index contributed by atoms with van der Waals surface area (Å²) in [6.07, 6.45) is 4.96. The Morgan fingerprint density at radius 1 is 1.07 bits per heavy atom. The molecule has 1 heterocycles. The van der Waals surface area contributed by atoms with Gasteiger partial charge in [0.15, 0.2) is 0 Å². The lowest BCUT2D eigenvalue weighted by molar-refractivity contribution is -0.384. The third kappa shape index (κ3) is 4.83. The molecule has 1 aliphatic rings. The number of allylic oxidation sites excluding steroid dienone is 2. The number of amides is 2. The smallest absolute Gasteiger partial charge is 0.268 e. The van der Waals surface area contributed by atoms with Gasteiger partial charge in [-0.25, -0.2) is 0 Å². The van der Waals surface area contributed by atoms with Crippen LogP contribution in [0.15, 0.2) is 65.6 Å². The van der Waals surface area contributed by atoms with Crippen LogP contribution >= 0.6 is 34.4 Å². The normalized spacial score (nSPS) is 15.9. The van der Waals surface area contributed by atoms with Crippen LogP contribution in [0.25, 0.3) is 6.08 Å². The van der Waals surface area contributed by atoms with Crippen molar-refractivity contribution in [3.05, 3.63) is 90.4 Å². The first kappa shape index (κ1) is 19.3. The molecule has 1 fully saturated rings. The van der Waals surface area contributed by atoms with E-state index in [4.69, 9.17) is 0 Å². The van der Waals surface area contributed by atoms with Crippen molar-refractivity contribution in [3.63, 3.8) is 0 Å². The number of benzene rings is 2. The highest BCUT2D eigenvalue weighted by Crippen LogP contribution is 2.32. The van der Waals surface area contributed by atoms with Crippen LogP contribution in [-0.2, 0) is 11.3 Å². The topological polar surface area (TPSA) is 80.5 Å². The first-order chi connectivity index (χ1) is 12.9. The SMILES string of the molecule is O=C1S/C(=C\C=C\c2ccc([N+](=O)[O-])cc2)C(=O)N1Cc1ccc(I)cc1. The molecule has 0 saturated carbocycles. The van der Waals surface area contributed by atoms with Crippen molar-refractivity contribution in [1.29, 1.82) is 0 Å². The fourth-order valence-corrected chi connectivity index (χ4v) is 3.53. The van der Waals surface area contributed by atoms with E-state index in [0.717, 1.165) is 26.5 Å². The van der Waals surface area contributed by atoms with Crippen molar-refractivity contribution >= 4 is 57.3 Å². The first-order valence-electron chi connectivity index (χ1n) is 7.85. The third-order valence-corrected chi connectivity index (χ3v) is 5.41. The van der Waals surface area contributed by atoms with Crippen LogP contribution in [0.3, 0.4) is 0 Å². The number of nitro benzene ring substituents is 1. The number of carbonyl (C=O) groups excluding carboxylic acids is 2. The molecule has 0 aliphatic carbocycles. The van der Waals surface area contributed by atoms with Crippen LogP contribution in [0.4, 0.5) is 10.5 Å². The highest BCUT2D eigenvalue weighted by Gasteiger charge is 2.34. The number of nitrogens with zero attached hydrogens (tertiary/aromatic N) is 2. The summed E-state index contributed by atoms with van der Waals surface area (Å²) in [4.78, 5) is 36.3. The molecule has 0 bridgehead atoms. The molecule has 2 aromatic carbocycles. The van der Waals surface area contributed by atoms with E-state index < -0.39 is 4.92 Å². The lowest BCUT2D eigenvalue weighted by Crippen LogP contribution is -2.27. The Balaban J connectivity index is 1.68. The summed E-state index contributed by atoms with van der Waals surface area (Å²) in [6.45, 7) is 0.241. The van der Waals surface area contributed by atoms with Crippen molar-refractivity contribution in [2.24, 2.45) is 0 Å². The number of imide groups is 1. The molecule has 2 amide bonds. The molecule has 6 nitrogen and oxygen atoms in total. The van der Waals surface area contributed by atoms with Crippen LogP contribution in [-0.4, -0.2) is 21.0 Å². The van der Waals surface area contributed by atoms with E-state index in [9.17, 15) is 19.7 Å². The average molecular weight is 492 g/mol. The predicted octanol–water partition coefficient (Wildman–Crippen LogP) is 4.99. The molecule has 8 heteroatoms. The van der Waals surface area contributed by atoms with Crippen LogP contribution < -0.4 is 0 Å². The summed E-state index contributed by atoms with van der Waals surface area (Å²) < 4.78 is 1.08. The monoisotopic (exact) mass is 492 g/mol. The summed E-state index contributed by atoms with van der Waals surface area (Å²) in [7, 11) is 0. The fourth-order valence-electron chi connectivity index (χ4n) is 2.38. The van der Waals surface area contributed by atoms with E-state index in [-0.39, 0.29) is 23.4 Å². The van der Waals surface area contributed by atoms with Crippen LogP contribution in [0.5, 0.6) is 0 Å². The van der Waals surface area contributed by atoms with Gasteiger partial charge in [-0.15, -0.1) is 0 Å². The number of carbonyl (C=O) groups is 2. The summed E-state index contributed by atoms with van der Waals surface area (Å²) in [5.41, 5.74) is 1.67. The van der Waals surface area contributed by atoms with Crippen molar-refractivity contribution in [2.75, 3.05) is 0 Å². The van der Waals surface area contributed by atoms with Gasteiger partial charge in [-0.1, -0.05) is 24.3 Å². The minimum absolute atomic E-state index is 0.0175. The molecule has 0 aromatic heterocycles. The standard InChI is InChI=1S/C19H13IN2O4S/c20-15-8-4-14(5-9-15)12-21-18(23)17(27-19(21)24)3-1-2-13-6-10-16(11-7-13)22(25)26/h1-11H,12H2/b2-1+,17-3-. The number of hydrogen-bond donors (Lipinski definition) is 0. The summed E-state index contributed by atoms with van der Waals surface area (Å²) in [6, 6.07) is 13.7. The van der Waals surface area contributed by atoms with Crippen molar-refractivity contribution in [2.45, 2.75) is 6.54 Å². The van der Waals surface area contributed by atoms with E-state index in [1.54, 1.807) is 30.4 Å².